The van der Waals surface area contributed by atoms with Gasteiger partial charge in [-0.1, -0.05) is 0 Å². The van der Waals surface area contributed by atoms with Gasteiger partial charge >= 0.3 is 0 Å². The van der Waals surface area contributed by atoms with E-state index in [1.165, 1.54) is 0 Å². The Balaban J connectivity index is 0.00000121. The summed E-state index contributed by atoms with van der Waals surface area (Å²) in [7, 11) is 3.54. The van der Waals surface area contributed by atoms with Crippen LogP contribution in [-0.4, -0.2) is 14.2 Å². The van der Waals surface area contributed by atoms with Crippen LogP contribution in [0.3, 0.4) is 0 Å². The van der Waals surface area contributed by atoms with Gasteiger partial charge in [0.15, 0.2) is 0 Å². The van der Waals surface area contributed by atoms with Crippen LogP contribution in [0.2, 0.25) is 0 Å². The van der Waals surface area contributed by atoms with Gasteiger partial charge in [-0.3, -0.25) is 0 Å². The molecule has 1 aromatic rings. The Morgan fingerprint density at radius 2 is 2.08 bits per heavy atom. The Bertz CT molecular complexity index is 255. The van der Waals surface area contributed by atoms with Crippen molar-refractivity contribution in [3.8, 4) is 5.75 Å². The van der Waals surface area contributed by atoms with E-state index in [-0.39, 0.29) is 12.4 Å². The molecule has 0 fully saturated rings. The van der Waals surface area contributed by atoms with Gasteiger partial charge in [0.1, 0.15) is 5.75 Å². The lowest BCUT2D eigenvalue weighted by Crippen LogP contribution is -1.89. The summed E-state index contributed by atoms with van der Waals surface area (Å²) in [6.07, 6.45) is 0. The van der Waals surface area contributed by atoms with Crippen LogP contribution in [0.1, 0.15) is 0 Å². The molecule has 0 bridgehead atoms. The second kappa shape index (κ2) is 5.27. The van der Waals surface area contributed by atoms with Crippen LogP contribution < -0.4 is 10.1 Å². The number of hydrogen-bond acceptors (Lipinski definition) is 2. The first-order valence-corrected chi connectivity index (χ1v) is 4.08. The topological polar surface area (TPSA) is 21.3 Å². The summed E-state index contributed by atoms with van der Waals surface area (Å²) in [6.45, 7) is 0. The fourth-order valence-electron chi connectivity index (χ4n) is 0.822. The van der Waals surface area contributed by atoms with Crippen molar-refractivity contribution in [1.82, 2.24) is 0 Å². The molecule has 4 heteroatoms. The van der Waals surface area contributed by atoms with Gasteiger partial charge in [-0.15, -0.1) is 12.4 Å². The zero-order chi connectivity index (χ0) is 8.27. The van der Waals surface area contributed by atoms with Gasteiger partial charge in [-0.25, -0.2) is 0 Å². The van der Waals surface area contributed by atoms with Crippen molar-refractivity contribution in [3.63, 3.8) is 0 Å². The highest BCUT2D eigenvalue weighted by molar-refractivity contribution is 9.10. The Morgan fingerprint density at radius 3 is 2.50 bits per heavy atom. The van der Waals surface area contributed by atoms with Gasteiger partial charge in [0.05, 0.1) is 11.6 Å². The van der Waals surface area contributed by atoms with Gasteiger partial charge in [0.2, 0.25) is 0 Å². The highest BCUT2D eigenvalue weighted by Gasteiger charge is 1.98. The predicted octanol–water partition coefficient (Wildman–Crippen LogP) is 2.92. The molecule has 0 saturated heterocycles. The van der Waals surface area contributed by atoms with Crippen molar-refractivity contribution in [3.05, 3.63) is 22.7 Å². The molecule has 0 amide bonds. The fourth-order valence-corrected chi connectivity index (χ4v) is 1.36. The molecule has 0 aliphatic heterocycles. The molecule has 0 heterocycles. The molecule has 1 N–H and O–H groups in total. The summed E-state index contributed by atoms with van der Waals surface area (Å²) in [5.41, 5.74) is 1.07. The SMILES string of the molecule is CNc1ccc(OC)c(Br)c1.Cl. The van der Waals surface area contributed by atoms with E-state index in [1.807, 2.05) is 25.2 Å². The average molecular weight is 253 g/mol. The van der Waals surface area contributed by atoms with Crippen LogP contribution in [0.15, 0.2) is 22.7 Å². The molecule has 1 aromatic carbocycles. The molecule has 0 saturated carbocycles. The molecule has 0 unspecified atom stereocenters. The van der Waals surface area contributed by atoms with E-state index in [4.69, 9.17) is 4.74 Å². The number of methoxy groups -OCH3 is 1. The standard InChI is InChI=1S/C8H10BrNO.ClH/c1-10-6-3-4-8(11-2)7(9)5-6;/h3-5,10H,1-2H3;1H. The van der Waals surface area contributed by atoms with Crippen molar-refractivity contribution in [1.29, 1.82) is 0 Å². The first kappa shape index (κ1) is 11.6. The van der Waals surface area contributed by atoms with E-state index in [0.717, 1.165) is 15.9 Å². The normalized spacial score (nSPS) is 8.58. The molecule has 0 atom stereocenters. The minimum absolute atomic E-state index is 0. The van der Waals surface area contributed by atoms with E-state index >= 15 is 0 Å². The first-order valence-electron chi connectivity index (χ1n) is 3.29. The van der Waals surface area contributed by atoms with Crippen LogP contribution in [0.25, 0.3) is 0 Å². The summed E-state index contributed by atoms with van der Waals surface area (Å²) >= 11 is 3.38. The highest BCUT2D eigenvalue weighted by atomic mass is 79.9. The van der Waals surface area contributed by atoms with E-state index in [9.17, 15) is 0 Å². The molecular formula is C8H11BrClNO. The molecule has 68 valence electrons. The summed E-state index contributed by atoms with van der Waals surface area (Å²) < 4.78 is 6.03. The molecule has 0 radical (unpaired) electrons. The highest BCUT2D eigenvalue weighted by Crippen LogP contribution is 2.27. The summed E-state index contributed by atoms with van der Waals surface area (Å²) in [4.78, 5) is 0. The monoisotopic (exact) mass is 251 g/mol. The lowest BCUT2D eigenvalue weighted by atomic mass is 10.3. The van der Waals surface area contributed by atoms with Crippen LogP contribution in [0.5, 0.6) is 5.75 Å². The predicted molar refractivity (Wildman–Crippen MR) is 57.5 cm³/mol. The number of hydrogen-bond donors (Lipinski definition) is 1. The third-order valence-corrected chi connectivity index (χ3v) is 2.06. The van der Waals surface area contributed by atoms with Crippen LogP contribution in [0.4, 0.5) is 5.69 Å². The summed E-state index contributed by atoms with van der Waals surface area (Å²) in [5.74, 6) is 0.851. The lowest BCUT2D eigenvalue weighted by molar-refractivity contribution is 0.412. The third-order valence-electron chi connectivity index (χ3n) is 1.44. The average Bonchev–Trinajstić information content (AvgIpc) is 2.04. The maximum Gasteiger partial charge on any atom is 0.133 e. The maximum atomic E-state index is 5.07. The molecular weight excluding hydrogens is 241 g/mol. The van der Waals surface area contributed by atoms with Gasteiger partial charge in [-0.05, 0) is 34.1 Å². The maximum absolute atomic E-state index is 5.07. The van der Waals surface area contributed by atoms with Gasteiger partial charge in [0, 0.05) is 12.7 Å². The molecule has 12 heavy (non-hydrogen) atoms. The Morgan fingerprint density at radius 1 is 1.42 bits per heavy atom. The van der Waals surface area contributed by atoms with Crippen molar-refractivity contribution in [2.45, 2.75) is 0 Å². The van der Waals surface area contributed by atoms with Crippen LogP contribution >= 0.6 is 28.3 Å². The quantitative estimate of drug-likeness (QED) is 0.874. The number of nitrogens with one attached hydrogen (secondary N) is 1. The van der Waals surface area contributed by atoms with E-state index in [0.29, 0.717) is 0 Å². The van der Waals surface area contributed by atoms with Crippen molar-refractivity contribution in [2.24, 2.45) is 0 Å². The van der Waals surface area contributed by atoms with Crippen LogP contribution in [-0.2, 0) is 0 Å². The van der Waals surface area contributed by atoms with Crippen molar-refractivity contribution in [2.75, 3.05) is 19.5 Å². The lowest BCUT2D eigenvalue weighted by Gasteiger charge is -2.04. The second-order valence-corrected chi connectivity index (χ2v) is 2.95. The molecule has 0 spiro atoms. The van der Waals surface area contributed by atoms with E-state index < -0.39 is 0 Å². The van der Waals surface area contributed by atoms with Gasteiger partial charge in [-0.2, -0.15) is 0 Å². The molecule has 0 aliphatic rings. The second-order valence-electron chi connectivity index (χ2n) is 2.10. The van der Waals surface area contributed by atoms with Crippen LogP contribution in [0, 0.1) is 0 Å². The number of ether oxygens (including phenoxy) is 1. The molecule has 1 rings (SSSR count). The molecule has 2 nitrogen and oxygen atoms in total. The summed E-state index contributed by atoms with van der Waals surface area (Å²) in [5, 5.41) is 3.03. The Labute approximate surface area is 86.8 Å². The summed E-state index contributed by atoms with van der Waals surface area (Å²) in [6, 6.07) is 5.85. The zero-order valence-corrected chi connectivity index (χ0v) is 9.33. The number of rotatable bonds is 2. The van der Waals surface area contributed by atoms with Gasteiger partial charge < -0.3 is 10.1 Å². The smallest absolute Gasteiger partial charge is 0.133 e. The largest absolute Gasteiger partial charge is 0.496 e. The fraction of sp³-hybridized carbons (Fsp3) is 0.250. The minimum Gasteiger partial charge on any atom is -0.496 e. The number of halogens is 2. The van der Waals surface area contributed by atoms with E-state index in [2.05, 4.69) is 21.2 Å². The Kier molecular flexibility index (Phi) is 5.09. The Hall–Kier alpha value is -0.410. The minimum atomic E-state index is 0. The molecule has 0 aromatic heterocycles. The zero-order valence-electron chi connectivity index (χ0n) is 6.93. The van der Waals surface area contributed by atoms with Crippen molar-refractivity contribution < 1.29 is 4.74 Å². The number of anilines is 1. The van der Waals surface area contributed by atoms with Crippen molar-refractivity contribution >= 4 is 34.0 Å². The first-order chi connectivity index (χ1) is 5.27. The molecule has 0 aliphatic carbocycles. The van der Waals surface area contributed by atoms with E-state index in [1.54, 1.807) is 7.11 Å². The third kappa shape index (κ3) is 2.57. The van der Waals surface area contributed by atoms with Gasteiger partial charge in [0.25, 0.3) is 0 Å². The number of benzene rings is 1.